The predicted molar refractivity (Wildman–Crippen MR) is 118 cm³/mol. The van der Waals surface area contributed by atoms with E-state index in [9.17, 15) is 23.3 Å². The van der Waals surface area contributed by atoms with Gasteiger partial charge in [-0.05, 0) is 17.7 Å². The van der Waals surface area contributed by atoms with Gasteiger partial charge >= 0.3 is 6.03 Å². The fourth-order valence-corrected chi connectivity index (χ4v) is 4.23. The Morgan fingerprint density at radius 2 is 1.84 bits per heavy atom. The zero-order chi connectivity index (χ0) is 23.0. The van der Waals surface area contributed by atoms with Crippen molar-refractivity contribution in [3.8, 4) is 0 Å². The van der Waals surface area contributed by atoms with Crippen LogP contribution in [0.1, 0.15) is 5.56 Å². The molecule has 0 bridgehead atoms. The molecule has 0 atom stereocenters. The van der Waals surface area contributed by atoms with Crippen molar-refractivity contribution >= 4 is 27.4 Å². The van der Waals surface area contributed by atoms with E-state index in [1.165, 1.54) is 18.2 Å². The number of carbonyl (C=O) groups is 1. The summed E-state index contributed by atoms with van der Waals surface area (Å²) in [5.74, 6) is 0. The number of sulfonamides is 1. The van der Waals surface area contributed by atoms with Crippen molar-refractivity contribution in [3.63, 3.8) is 0 Å². The summed E-state index contributed by atoms with van der Waals surface area (Å²) >= 11 is 0. The molecule has 0 saturated carbocycles. The van der Waals surface area contributed by atoms with Crippen LogP contribution in [-0.2, 0) is 21.3 Å². The first-order valence-corrected chi connectivity index (χ1v) is 11.5. The smallest absolute Gasteiger partial charge is 0.319 e. The fraction of sp³-hybridized carbons (Fsp3) is 0.350. The molecule has 11 nitrogen and oxygen atoms in total. The van der Waals surface area contributed by atoms with Crippen molar-refractivity contribution in [1.29, 1.82) is 0 Å². The summed E-state index contributed by atoms with van der Waals surface area (Å²) in [5, 5.41) is 16.2. The van der Waals surface area contributed by atoms with Crippen molar-refractivity contribution in [3.05, 3.63) is 64.2 Å². The van der Waals surface area contributed by atoms with Crippen LogP contribution in [0.15, 0.2) is 53.4 Å². The van der Waals surface area contributed by atoms with Gasteiger partial charge < -0.3 is 15.4 Å². The summed E-state index contributed by atoms with van der Waals surface area (Å²) in [4.78, 5) is 24.5. The van der Waals surface area contributed by atoms with Crippen LogP contribution in [0.25, 0.3) is 0 Å². The molecule has 1 aliphatic rings. The van der Waals surface area contributed by atoms with E-state index in [0.717, 1.165) is 24.7 Å². The molecule has 0 radical (unpaired) electrons. The molecule has 3 rings (SSSR count). The third-order valence-corrected chi connectivity index (χ3v) is 6.26. The number of rotatable bonds is 9. The van der Waals surface area contributed by atoms with E-state index in [4.69, 9.17) is 4.74 Å². The Hall–Kier alpha value is -3.06. The number of morpholine rings is 1. The van der Waals surface area contributed by atoms with E-state index in [1.54, 1.807) is 6.07 Å². The molecule has 1 heterocycles. The van der Waals surface area contributed by atoms with Gasteiger partial charge in [-0.2, -0.15) is 0 Å². The molecule has 0 spiro atoms. The first-order chi connectivity index (χ1) is 15.3. The summed E-state index contributed by atoms with van der Waals surface area (Å²) in [6.45, 7) is 3.66. The van der Waals surface area contributed by atoms with Gasteiger partial charge in [-0.3, -0.25) is 15.0 Å². The Balaban J connectivity index is 1.48. The number of non-ortho nitro benzene ring substituents is 1. The number of amides is 2. The first-order valence-electron chi connectivity index (χ1n) is 10.0. The molecule has 2 amide bonds. The van der Waals surface area contributed by atoms with Gasteiger partial charge in [0.2, 0.25) is 10.0 Å². The van der Waals surface area contributed by atoms with Crippen molar-refractivity contribution in [2.45, 2.75) is 11.4 Å². The lowest BCUT2D eigenvalue weighted by molar-refractivity contribution is -0.385. The lowest BCUT2D eigenvalue weighted by atomic mass is 10.1. The maximum absolute atomic E-state index is 12.3. The molecule has 12 heteroatoms. The van der Waals surface area contributed by atoms with Crippen molar-refractivity contribution in [2.75, 3.05) is 44.7 Å². The number of nitro benzene ring substituents is 1. The Morgan fingerprint density at radius 3 is 2.59 bits per heavy atom. The minimum atomic E-state index is -3.94. The number of hydrogen-bond donors (Lipinski definition) is 3. The molecule has 0 aliphatic carbocycles. The number of urea groups is 1. The van der Waals surface area contributed by atoms with Crippen LogP contribution in [0.3, 0.4) is 0 Å². The highest BCUT2D eigenvalue weighted by Crippen LogP contribution is 2.18. The van der Waals surface area contributed by atoms with Gasteiger partial charge in [0.1, 0.15) is 0 Å². The average Bonchev–Trinajstić information content (AvgIpc) is 2.79. The number of nitrogens with one attached hydrogen (secondary N) is 3. The van der Waals surface area contributed by atoms with Crippen LogP contribution >= 0.6 is 0 Å². The monoisotopic (exact) mass is 463 g/mol. The summed E-state index contributed by atoms with van der Waals surface area (Å²) < 4.78 is 32.3. The number of hydrogen-bond acceptors (Lipinski definition) is 7. The average molecular weight is 464 g/mol. The molecular weight excluding hydrogens is 438 g/mol. The standard InChI is InChI=1S/C20H25N5O6S/c26-20(23-19-7-2-1-4-16(19)15-24-10-12-31-13-11-24)21-8-9-22-32(29,30)18-6-3-5-17(14-18)25(27)28/h1-7,14,22H,8-13,15H2,(H2,21,23,26). The molecule has 3 N–H and O–H groups in total. The molecule has 2 aromatic carbocycles. The van der Waals surface area contributed by atoms with E-state index >= 15 is 0 Å². The molecular formula is C20H25N5O6S. The normalized spacial score (nSPS) is 14.6. The Morgan fingerprint density at radius 1 is 1.09 bits per heavy atom. The van der Waals surface area contributed by atoms with Crippen molar-refractivity contribution in [1.82, 2.24) is 14.9 Å². The van der Waals surface area contributed by atoms with Crippen molar-refractivity contribution < 1.29 is 22.9 Å². The molecule has 32 heavy (non-hydrogen) atoms. The van der Waals surface area contributed by atoms with Gasteiger partial charge in [-0.15, -0.1) is 0 Å². The predicted octanol–water partition coefficient (Wildman–Crippen LogP) is 1.53. The van der Waals surface area contributed by atoms with E-state index in [0.29, 0.717) is 25.4 Å². The molecule has 0 aromatic heterocycles. The largest absolute Gasteiger partial charge is 0.379 e. The van der Waals surface area contributed by atoms with Crippen LogP contribution in [0, 0.1) is 10.1 Å². The quantitative estimate of drug-likeness (QED) is 0.291. The second kappa shape index (κ2) is 11.0. The van der Waals surface area contributed by atoms with Crippen LogP contribution < -0.4 is 15.4 Å². The summed E-state index contributed by atoms with van der Waals surface area (Å²) in [6, 6.07) is 11.8. The maximum atomic E-state index is 12.3. The minimum Gasteiger partial charge on any atom is -0.379 e. The van der Waals surface area contributed by atoms with Gasteiger partial charge in [0, 0.05) is 50.5 Å². The Kier molecular flexibility index (Phi) is 8.11. The third-order valence-electron chi connectivity index (χ3n) is 4.80. The number of carbonyl (C=O) groups excluding carboxylic acids is 1. The van der Waals surface area contributed by atoms with Crippen LogP contribution in [-0.4, -0.2) is 63.7 Å². The highest BCUT2D eigenvalue weighted by Gasteiger charge is 2.17. The molecule has 2 aromatic rings. The summed E-state index contributed by atoms with van der Waals surface area (Å²) in [5.41, 5.74) is 1.32. The Labute approximate surface area is 186 Å². The number of benzene rings is 2. The SMILES string of the molecule is O=C(NCCNS(=O)(=O)c1cccc([N+](=O)[O-])c1)Nc1ccccc1CN1CCOCC1. The van der Waals surface area contributed by atoms with Crippen molar-refractivity contribution in [2.24, 2.45) is 0 Å². The van der Waals surface area contributed by atoms with Gasteiger partial charge in [0.05, 0.1) is 23.0 Å². The number of ether oxygens (including phenoxy) is 1. The van der Waals surface area contributed by atoms with Crippen LogP contribution in [0.5, 0.6) is 0 Å². The van der Waals surface area contributed by atoms with E-state index in [-0.39, 0.29) is 23.7 Å². The molecule has 0 unspecified atom stereocenters. The number of nitro groups is 1. The molecule has 1 saturated heterocycles. The fourth-order valence-electron chi connectivity index (χ4n) is 3.16. The molecule has 172 valence electrons. The summed E-state index contributed by atoms with van der Waals surface area (Å²) in [6.07, 6.45) is 0. The minimum absolute atomic E-state index is 0.0334. The second-order valence-electron chi connectivity index (χ2n) is 7.08. The third kappa shape index (κ3) is 6.72. The topological polar surface area (TPSA) is 143 Å². The number of anilines is 1. The second-order valence-corrected chi connectivity index (χ2v) is 8.85. The Bertz CT molecular complexity index is 1060. The first kappa shape index (κ1) is 23.6. The van der Waals surface area contributed by atoms with Gasteiger partial charge in [0.15, 0.2) is 0 Å². The lowest BCUT2D eigenvalue weighted by Gasteiger charge is -2.27. The number of nitrogens with zero attached hydrogens (tertiary/aromatic N) is 2. The van der Waals surface area contributed by atoms with Crippen LogP contribution in [0.4, 0.5) is 16.2 Å². The zero-order valence-electron chi connectivity index (χ0n) is 17.3. The van der Waals surface area contributed by atoms with E-state index in [1.807, 2.05) is 18.2 Å². The van der Waals surface area contributed by atoms with Gasteiger partial charge in [-0.1, -0.05) is 24.3 Å². The number of para-hydroxylation sites is 1. The van der Waals surface area contributed by atoms with Crippen LogP contribution in [0.2, 0.25) is 0 Å². The highest BCUT2D eigenvalue weighted by molar-refractivity contribution is 7.89. The highest BCUT2D eigenvalue weighted by atomic mass is 32.2. The summed E-state index contributed by atoms with van der Waals surface area (Å²) in [7, 11) is -3.94. The molecule has 1 fully saturated rings. The van der Waals surface area contributed by atoms with E-state index in [2.05, 4.69) is 20.3 Å². The van der Waals surface area contributed by atoms with Gasteiger partial charge in [0.25, 0.3) is 5.69 Å². The van der Waals surface area contributed by atoms with E-state index < -0.39 is 21.0 Å². The maximum Gasteiger partial charge on any atom is 0.319 e. The van der Waals surface area contributed by atoms with Gasteiger partial charge in [-0.25, -0.2) is 17.9 Å². The zero-order valence-corrected chi connectivity index (χ0v) is 18.1. The molecule has 1 aliphatic heterocycles. The lowest BCUT2D eigenvalue weighted by Crippen LogP contribution is -2.37.